The Hall–Kier alpha value is -2.56. The number of rotatable bonds is 4. The van der Waals surface area contributed by atoms with Crippen LogP contribution in [0.1, 0.15) is 28.8 Å². The van der Waals surface area contributed by atoms with E-state index in [4.69, 9.17) is 0 Å². The molecule has 0 bridgehead atoms. The van der Waals surface area contributed by atoms with Gasteiger partial charge in [-0.2, -0.15) is 0 Å². The molecule has 0 atom stereocenters. The van der Waals surface area contributed by atoms with Crippen molar-refractivity contribution in [3.05, 3.63) is 64.1 Å². The van der Waals surface area contributed by atoms with Crippen molar-refractivity contribution in [2.75, 3.05) is 0 Å². The quantitative estimate of drug-likeness (QED) is 0.900. The van der Waals surface area contributed by atoms with Gasteiger partial charge < -0.3 is 15.0 Å². The minimum absolute atomic E-state index is 0.157. The van der Waals surface area contributed by atoms with Gasteiger partial charge in [-0.05, 0) is 30.5 Å². The summed E-state index contributed by atoms with van der Waals surface area (Å²) in [6.07, 6.45) is 4.86. The van der Waals surface area contributed by atoms with Crippen LogP contribution in [0.3, 0.4) is 0 Å². The normalized spacial score (nSPS) is 13.9. The number of hydrogen-bond acceptors (Lipinski definition) is 3. The summed E-state index contributed by atoms with van der Waals surface area (Å²) < 4.78 is 0. The monoisotopic (exact) mass is 284 g/mol. The number of aromatic nitrogens is 1. The summed E-state index contributed by atoms with van der Waals surface area (Å²) in [7, 11) is 0. The summed E-state index contributed by atoms with van der Waals surface area (Å²) >= 11 is 0. The minimum atomic E-state index is -0.277. The number of phenolic OH excluding ortho intramolecular Hbond substituents is 1. The van der Waals surface area contributed by atoms with E-state index >= 15 is 0 Å². The minimum Gasteiger partial charge on any atom is -0.508 e. The highest BCUT2D eigenvalue weighted by Crippen LogP contribution is 2.29. The third-order valence-corrected chi connectivity index (χ3v) is 3.57. The number of benzene rings is 1. The highest BCUT2D eigenvalue weighted by atomic mass is 16.3. The van der Waals surface area contributed by atoms with Crippen LogP contribution in [0.4, 0.5) is 0 Å². The molecule has 108 valence electrons. The fourth-order valence-electron chi connectivity index (χ4n) is 2.34. The summed E-state index contributed by atoms with van der Waals surface area (Å²) in [5.41, 5.74) is 0.729. The number of nitrogens with one attached hydrogen (secondary N) is 1. The lowest BCUT2D eigenvalue weighted by molar-refractivity contribution is 0.0728. The van der Waals surface area contributed by atoms with Crippen LogP contribution in [0.2, 0.25) is 0 Å². The first-order valence-electron chi connectivity index (χ1n) is 6.91. The lowest BCUT2D eigenvalue weighted by atomic mass is 10.1. The molecule has 1 amide bonds. The van der Waals surface area contributed by atoms with Gasteiger partial charge in [0, 0.05) is 31.0 Å². The van der Waals surface area contributed by atoms with Crippen molar-refractivity contribution in [3.8, 4) is 5.75 Å². The molecular weight excluding hydrogens is 268 g/mol. The molecule has 0 aliphatic heterocycles. The van der Waals surface area contributed by atoms with Crippen LogP contribution in [0.25, 0.3) is 0 Å². The fraction of sp³-hybridized carbons (Fsp3) is 0.250. The molecule has 1 aliphatic carbocycles. The first-order valence-corrected chi connectivity index (χ1v) is 6.91. The number of pyridine rings is 1. The average Bonchev–Trinajstić information content (AvgIpc) is 3.29. The van der Waals surface area contributed by atoms with E-state index in [0.717, 1.165) is 18.4 Å². The second-order valence-electron chi connectivity index (χ2n) is 5.26. The molecule has 1 saturated carbocycles. The Morgan fingerprint density at radius 1 is 1.33 bits per heavy atom. The van der Waals surface area contributed by atoms with Gasteiger partial charge in [0.15, 0.2) is 5.43 Å². The molecule has 3 rings (SSSR count). The fourth-order valence-corrected chi connectivity index (χ4v) is 2.34. The molecule has 0 unspecified atom stereocenters. The number of H-pyrrole nitrogens is 1. The molecule has 0 radical (unpaired) electrons. The largest absolute Gasteiger partial charge is 0.508 e. The number of amides is 1. The van der Waals surface area contributed by atoms with Crippen molar-refractivity contribution in [2.45, 2.75) is 25.4 Å². The van der Waals surface area contributed by atoms with E-state index in [1.165, 1.54) is 18.5 Å². The molecular formula is C16H16N2O3. The van der Waals surface area contributed by atoms with Crippen LogP contribution in [-0.2, 0) is 6.54 Å². The molecule has 2 N–H and O–H groups in total. The number of aromatic amines is 1. The van der Waals surface area contributed by atoms with Crippen LogP contribution < -0.4 is 5.43 Å². The molecule has 1 heterocycles. The molecule has 0 saturated heterocycles. The topological polar surface area (TPSA) is 73.4 Å². The average molecular weight is 284 g/mol. The zero-order chi connectivity index (χ0) is 14.8. The third-order valence-electron chi connectivity index (χ3n) is 3.57. The number of aromatic hydroxyl groups is 1. The second kappa shape index (κ2) is 5.44. The van der Waals surface area contributed by atoms with E-state index in [1.807, 2.05) is 6.07 Å². The predicted molar refractivity (Wildman–Crippen MR) is 78.1 cm³/mol. The number of carbonyl (C=O) groups excluding carboxylic acids is 1. The molecule has 1 aliphatic rings. The number of nitrogens with zero attached hydrogens (tertiary/aromatic N) is 1. The Balaban J connectivity index is 1.87. The molecule has 5 heteroatoms. The van der Waals surface area contributed by atoms with Gasteiger partial charge in [0.25, 0.3) is 5.91 Å². The molecule has 5 nitrogen and oxygen atoms in total. The SMILES string of the molecule is O=C(c1c[nH]ccc1=O)N(Cc1cccc(O)c1)C1CC1. The molecule has 1 aromatic heterocycles. The van der Waals surface area contributed by atoms with Crippen LogP contribution in [0, 0.1) is 0 Å². The van der Waals surface area contributed by atoms with Crippen LogP contribution in [-0.4, -0.2) is 26.9 Å². The Labute approximate surface area is 121 Å². The van der Waals surface area contributed by atoms with Crippen molar-refractivity contribution in [3.63, 3.8) is 0 Å². The Morgan fingerprint density at radius 2 is 2.14 bits per heavy atom. The molecule has 0 spiro atoms. The number of hydrogen-bond donors (Lipinski definition) is 2. The van der Waals surface area contributed by atoms with E-state index < -0.39 is 0 Å². The van der Waals surface area contributed by atoms with Gasteiger partial charge in [0.05, 0.1) is 0 Å². The zero-order valence-electron chi connectivity index (χ0n) is 11.5. The Kier molecular flexibility index (Phi) is 3.48. The maximum absolute atomic E-state index is 12.6. The van der Waals surface area contributed by atoms with E-state index in [2.05, 4.69) is 4.98 Å². The van der Waals surface area contributed by atoms with Crippen molar-refractivity contribution in [1.29, 1.82) is 0 Å². The van der Waals surface area contributed by atoms with E-state index in [1.54, 1.807) is 23.1 Å². The van der Waals surface area contributed by atoms with Crippen LogP contribution in [0.5, 0.6) is 5.75 Å². The lowest BCUT2D eigenvalue weighted by Crippen LogP contribution is -2.35. The molecule has 21 heavy (non-hydrogen) atoms. The predicted octanol–water partition coefficient (Wildman–Crippen LogP) is 1.89. The Bertz CT molecular complexity index is 719. The van der Waals surface area contributed by atoms with Gasteiger partial charge in [0.1, 0.15) is 11.3 Å². The highest BCUT2D eigenvalue weighted by Gasteiger charge is 2.33. The van der Waals surface area contributed by atoms with Gasteiger partial charge in [0.2, 0.25) is 0 Å². The number of carbonyl (C=O) groups is 1. The number of phenols is 1. The van der Waals surface area contributed by atoms with E-state index in [0.29, 0.717) is 6.54 Å². The van der Waals surface area contributed by atoms with Gasteiger partial charge >= 0.3 is 0 Å². The van der Waals surface area contributed by atoms with Crippen molar-refractivity contribution >= 4 is 5.91 Å². The van der Waals surface area contributed by atoms with Crippen LogP contribution in [0.15, 0.2) is 47.5 Å². The molecule has 2 aromatic rings. The smallest absolute Gasteiger partial charge is 0.259 e. The first-order chi connectivity index (χ1) is 10.1. The third kappa shape index (κ3) is 2.97. The van der Waals surface area contributed by atoms with Gasteiger partial charge in [-0.1, -0.05) is 12.1 Å². The summed E-state index contributed by atoms with van der Waals surface area (Å²) in [6, 6.07) is 8.37. The van der Waals surface area contributed by atoms with E-state index in [9.17, 15) is 14.7 Å². The maximum atomic E-state index is 12.6. The highest BCUT2D eigenvalue weighted by molar-refractivity contribution is 5.94. The first kappa shape index (κ1) is 13.4. The standard InChI is InChI=1S/C16H16N2O3/c19-13-3-1-2-11(8-13)10-18(12-4-5-12)16(21)14-9-17-7-6-15(14)20/h1-3,6-9,12,19H,4-5,10H2,(H,17,20). The van der Waals surface area contributed by atoms with Gasteiger partial charge in [-0.3, -0.25) is 9.59 Å². The van der Waals surface area contributed by atoms with Crippen molar-refractivity contribution in [1.82, 2.24) is 9.88 Å². The summed E-state index contributed by atoms with van der Waals surface area (Å²) in [6.45, 7) is 0.395. The van der Waals surface area contributed by atoms with Gasteiger partial charge in [-0.15, -0.1) is 0 Å². The van der Waals surface area contributed by atoms with Crippen molar-refractivity contribution in [2.24, 2.45) is 0 Å². The zero-order valence-corrected chi connectivity index (χ0v) is 11.5. The Morgan fingerprint density at radius 3 is 2.81 bits per heavy atom. The summed E-state index contributed by atoms with van der Waals surface area (Å²) in [5, 5.41) is 9.52. The molecule has 1 fully saturated rings. The van der Waals surface area contributed by atoms with Crippen LogP contribution >= 0.6 is 0 Å². The van der Waals surface area contributed by atoms with E-state index in [-0.39, 0.29) is 28.7 Å². The summed E-state index contributed by atoms with van der Waals surface area (Å²) in [4.78, 5) is 28.9. The van der Waals surface area contributed by atoms with Crippen molar-refractivity contribution < 1.29 is 9.90 Å². The lowest BCUT2D eigenvalue weighted by Gasteiger charge is -2.22. The summed E-state index contributed by atoms with van der Waals surface area (Å²) in [5.74, 6) is -0.0871. The van der Waals surface area contributed by atoms with Gasteiger partial charge in [-0.25, -0.2) is 0 Å². The second-order valence-corrected chi connectivity index (χ2v) is 5.26. The molecule has 1 aromatic carbocycles. The maximum Gasteiger partial charge on any atom is 0.259 e.